The summed E-state index contributed by atoms with van der Waals surface area (Å²) in [6, 6.07) is 4.44. The molecule has 3 atom stereocenters. The van der Waals surface area contributed by atoms with Crippen molar-refractivity contribution in [1.29, 1.82) is 0 Å². The number of aromatic nitrogens is 1. The molecule has 116 valence electrons. The number of rotatable bonds is 1. The molecular weight excluding hydrogens is 281 g/mol. The molecule has 21 heavy (non-hydrogen) atoms. The lowest BCUT2D eigenvalue weighted by molar-refractivity contribution is -0.206. The first-order valence-corrected chi connectivity index (χ1v) is 7.27. The fourth-order valence-electron chi connectivity index (χ4n) is 3.09. The van der Waals surface area contributed by atoms with E-state index in [2.05, 4.69) is 4.98 Å². The third-order valence-corrected chi connectivity index (χ3v) is 4.03. The first-order valence-electron chi connectivity index (χ1n) is 7.27. The minimum atomic E-state index is -4.14. The Labute approximate surface area is 122 Å². The van der Waals surface area contributed by atoms with Gasteiger partial charge in [0.1, 0.15) is 5.69 Å². The van der Waals surface area contributed by atoms with E-state index in [1.165, 1.54) is 6.20 Å². The number of piperidine rings is 1. The van der Waals surface area contributed by atoms with Gasteiger partial charge in [-0.3, -0.25) is 9.78 Å². The molecule has 1 amide bonds. The van der Waals surface area contributed by atoms with Crippen molar-refractivity contribution in [2.24, 2.45) is 5.92 Å². The predicted octanol–water partition coefficient (Wildman–Crippen LogP) is 3.66. The fraction of sp³-hybridized carbons (Fsp3) is 0.600. The number of carbonyl (C=O) groups is 1. The van der Waals surface area contributed by atoms with Gasteiger partial charge >= 0.3 is 6.18 Å². The van der Waals surface area contributed by atoms with E-state index in [4.69, 9.17) is 0 Å². The van der Waals surface area contributed by atoms with E-state index in [1.54, 1.807) is 23.1 Å². The van der Waals surface area contributed by atoms with Crippen LogP contribution >= 0.6 is 0 Å². The summed E-state index contributed by atoms with van der Waals surface area (Å²) in [5.41, 5.74) is 0.308. The molecule has 2 aliphatic heterocycles. The molecule has 2 saturated heterocycles. The van der Waals surface area contributed by atoms with Crippen LogP contribution in [0.15, 0.2) is 24.4 Å². The molecule has 0 aliphatic carbocycles. The number of nitrogens with zero attached hydrogens (tertiary/aromatic N) is 2. The summed E-state index contributed by atoms with van der Waals surface area (Å²) >= 11 is 0. The Bertz CT molecular complexity index is 477. The summed E-state index contributed by atoms with van der Waals surface area (Å²) in [6.45, 7) is 4.00. The SMILES string of the molecule is CC.O=C(c1ccccn1)N1[C@@H]2CC(C(F)(F)F)C[C@H]1C2. The molecule has 2 aliphatic rings. The van der Waals surface area contributed by atoms with Crippen LogP contribution in [0.2, 0.25) is 0 Å². The maximum atomic E-state index is 12.7. The lowest BCUT2D eigenvalue weighted by atomic mass is 9.73. The van der Waals surface area contributed by atoms with Gasteiger partial charge in [0.2, 0.25) is 0 Å². The second-order valence-corrected chi connectivity index (χ2v) is 5.18. The average molecular weight is 300 g/mol. The van der Waals surface area contributed by atoms with Gasteiger partial charge in [-0.1, -0.05) is 19.9 Å². The second kappa shape index (κ2) is 6.03. The molecule has 3 heterocycles. The summed E-state index contributed by atoms with van der Waals surface area (Å²) in [4.78, 5) is 17.7. The molecule has 0 saturated carbocycles. The van der Waals surface area contributed by atoms with Crippen molar-refractivity contribution in [3.63, 3.8) is 0 Å². The van der Waals surface area contributed by atoms with E-state index in [0.29, 0.717) is 12.1 Å². The fourth-order valence-corrected chi connectivity index (χ4v) is 3.09. The quantitative estimate of drug-likeness (QED) is 0.793. The topological polar surface area (TPSA) is 33.2 Å². The van der Waals surface area contributed by atoms with Crippen LogP contribution in [0, 0.1) is 5.92 Å². The molecule has 0 radical (unpaired) electrons. The van der Waals surface area contributed by atoms with E-state index in [9.17, 15) is 18.0 Å². The molecule has 0 spiro atoms. The van der Waals surface area contributed by atoms with Crippen LogP contribution in [0.25, 0.3) is 0 Å². The lowest BCUT2D eigenvalue weighted by Gasteiger charge is -2.55. The molecule has 1 aromatic heterocycles. The van der Waals surface area contributed by atoms with E-state index in [-0.39, 0.29) is 30.8 Å². The predicted molar refractivity (Wildman–Crippen MR) is 72.7 cm³/mol. The van der Waals surface area contributed by atoms with Crippen LogP contribution in [0.5, 0.6) is 0 Å². The average Bonchev–Trinajstić information content (AvgIpc) is 2.49. The van der Waals surface area contributed by atoms with E-state index in [0.717, 1.165) is 0 Å². The molecule has 1 aromatic rings. The van der Waals surface area contributed by atoms with Crippen molar-refractivity contribution in [2.75, 3.05) is 0 Å². The maximum Gasteiger partial charge on any atom is 0.391 e. The van der Waals surface area contributed by atoms with Gasteiger partial charge in [-0.15, -0.1) is 0 Å². The summed E-state index contributed by atoms with van der Waals surface area (Å²) in [7, 11) is 0. The first-order chi connectivity index (χ1) is 9.97. The zero-order valence-corrected chi connectivity index (χ0v) is 12.1. The van der Waals surface area contributed by atoms with Crippen molar-refractivity contribution < 1.29 is 18.0 Å². The van der Waals surface area contributed by atoms with Crippen LogP contribution in [0.4, 0.5) is 13.2 Å². The first kappa shape index (κ1) is 15.8. The third kappa shape index (κ3) is 3.04. The number of hydrogen-bond acceptors (Lipinski definition) is 2. The number of halogens is 3. The summed E-state index contributed by atoms with van der Waals surface area (Å²) in [5, 5.41) is 0. The highest BCUT2D eigenvalue weighted by Crippen LogP contribution is 2.47. The zero-order chi connectivity index (χ0) is 15.6. The maximum absolute atomic E-state index is 12.7. The molecule has 1 unspecified atom stereocenters. The number of carbonyl (C=O) groups excluding carboxylic acids is 1. The molecule has 2 fully saturated rings. The minimum absolute atomic E-state index is 0.0264. The van der Waals surface area contributed by atoms with E-state index in [1.807, 2.05) is 13.8 Å². The molecule has 6 heteroatoms. The van der Waals surface area contributed by atoms with Crippen LogP contribution in [-0.2, 0) is 0 Å². The van der Waals surface area contributed by atoms with Gasteiger partial charge in [0.05, 0.1) is 5.92 Å². The molecule has 0 aromatic carbocycles. The Morgan fingerprint density at radius 1 is 1.19 bits per heavy atom. The Kier molecular flexibility index (Phi) is 4.54. The van der Waals surface area contributed by atoms with Gasteiger partial charge in [-0.05, 0) is 31.4 Å². The normalized spacial score (nSPS) is 27.3. The minimum Gasteiger partial charge on any atom is -0.331 e. The number of amides is 1. The van der Waals surface area contributed by atoms with E-state index >= 15 is 0 Å². The summed E-state index contributed by atoms with van der Waals surface area (Å²) in [6.07, 6.45) is -1.89. The Morgan fingerprint density at radius 3 is 2.29 bits per heavy atom. The Morgan fingerprint density at radius 2 is 1.81 bits per heavy atom. The highest BCUT2D eigenvalue weighted by Gasteiger charge is 2.54. The monoisotopic (exact) mass is 300 g/mol. The lowest BCUT2D eigenvalue weighted by Crippen LogP contribution is -2.64. The number of pyridine rings is 1. The largest absolute Gasteiger partial charge is 0.391 e. The zero-order valence-electron chi connectivity index (χ0n) is 12.1. The van der Waals surface area contributed by atoms with Gasteiger partial charge < -0.3 is 4.90 Å². The number of fused-ring (bicyclic) bond motifs is 2. The van der Waals surface area contributed by atoms with Gasteiger partial charge in [-0.2, -0.15) is 13.2 Å². The van der Waals surface area contributed by atoms with Crippen molar-refractivity contribution in [2.45, 2.75) is 51.4 Å². The van der Waals surface area contributed by atoms with Crippen LogP contribution in [-0.4, -0.2) is 34.1 Å². The number of hydrogen-bond donors (Lipinski definition) is 0. The smallest absolute Gasteiger partial charge is 0.331 e. The highest BCUT2D eigenvalue weighted by molar-refractivity contribution is 5.93. The van der Waals surface area contributed by atoms with Crippen molar-refractivity contribution >= 4 is 5.91 Å². The second-order valence-electron chi connectivity index (χ2n) is 5.18. The van der Waals surface area contributed by atoms with Gasteiger partial charge in [0.25, 0.3) is 5.91 Å². The van der Waals surface area contributed by atoms with E-state index < -0.39 is 12.1 Å². The van der Waals surface area contributed by atoms with Crippen molar-refractivity contribution in [3.05, 3.63) is 30.1 Å². The number of alkyl halides is 3. The molecule has 3 nitrogen and oxygen atoms in total. The van der Waals surface area contributed by atoms with Crippen molar-refractivity contribution in [3.8, 4) is 0 Å². The molecule has 3 rings (SSSR count). The highest BCUT2D eigenvalue weighted by atomic mass is 19.4. The molecular formula is C15H19F3N2O. The van der Waals surface area contributed by atoms with Crippen LogP contribution < -0.4 is 0 Å². The van der Waals surface area contributed by atoms with Gasteiger partial charge in [-0.25, -0.2) is 0 Å². The van der Waals surface area contributed by atoms with Crippen molar-refractivity contribution in [1.82, 2.24) is 9.88 Å². The summed E-state index contributed by atoms with van der Waals surface area (Å²) < 4.78 is 38.0. The Balaban J connectivity index is 0.000000774. The molecule has 0 N–H and O–H groups in total. The van der Waals surface area contributed by atoms with Gasteiger partial charge in [0.15, 0.2) is 0 Å². The molecule has 2 bridgehead atoms. The third-order valence-electron chi connectivity index (χ3n) is 4.03. The Hall–Kier alpha value is -1.59. The van der Waals surface area contributed by atoms with Crippen LogP contribution in [0.3, 0.4) is 0 Å². The summed E-state index contributed by atoms with van der Waals surface area (Å²) in [5.74, 6) is -1.51. The van der Waals surface area contributed by atoms with Gasteiger partial charge in [0, 0.05) is 18.3 Å². The van der Waals surface area contributed by atoms with Crippen LogP contribution in [0.1, 0.15) is 43.6 Å². The standard InChI is InChI=1S/C13H13F3N2O.C2H6/c14-13(15,16)8-5-9-7-10(6-8)18(9)12(19)11-3-1-2-4-17-11;1-2/h1-4,8-10H,5-7H2;1-2H3/t8?,9-,10+;.